The van der Waals surface area contributed by atoms with E-state index in [1.54, 1.807) is 0 Å². The van der Waals surface area contributed by atoms with Gasteiger partial charge in [-0.25, -0.2) is 13.9 Å². The van der Waals surface area contributed by atoms with E-state index in [1.165, 1.54) is 29.9 Å². The van der Waals surface area contributed by atoms with Gasteiger partial charge in [0.05, 0.1) is 29.9 Å². The highest BCUT2D eigenvalue weighted by Crippen LogP contribution is 2.30. The summed E-state index contributed by atoms with van der Waals surface area (Å²) in [5, 5.41) is 26.6. The zero-order valence-electron chi connectivity index (χ0n) is 21.0. The predicted octanol–water partition coefficient (Wildman–Crippen LogP) is 1.64. The number of fused-ring (bicyclic) bond motifs is 1. The number of imidazole rings is 1. The first-order valence-corrected chi connectivity index (χ1v) is 12.8. The van der Waals surface area contributed by atoms with Gasteiger partial charge in [0.15, 0.2) is 17.2 Å². The number of rotatable bonds is 9. The van der Waals surface area contributed by atoms with Crippen LogP contribution >= 0.6 is 0 Å². The first-order valence-electron chi connectivity index (χ1n) is 12.8. The van der Waals surface area contributed by atoms with Crippen LogP contribution < -0.4 is 27.0 Å². The van der Waals surface area contributed by atoms with Gasteiger partial charge in [0.2, 0.25) is 5.91 Å². The van der Waals surface area contributed by atoms with Crippen LogP contribution in [0.3, 0.4) is 0 Å². The number of aliphatic hydroxyl groups excluding tert-OH is 1. The number of aliphatic hydroxyl groups is 1. The minimum absolute atomic E-state index is 0.00888. The van der Waals surface area contributed by atoms with Gasteiger partial charge in [-0.05, 0) is 51.5 Å². The molecular formula is C25H32FN9O3. The Kier molecular flexibility index (Phi) is 7.38. The van der Waals surface area contributed by atoms with Crippen molar-refractivity contribution in [3.05, 3.63) is 42.2 Å². The summed E-state index contributed by atoms with van der Waals surface area (Å²) >= 11 is 0. The summed E-state index contributed by atoms with van der Waals surface area (Å²) in [4.78, 5) is 33.3. The number of nitrogens with zero attached hydrogens (tertiary/aromatic N) is 4. The first kappa shape index (κ1) is 25.8. The second-order valence-electron chi connectivity index (χ2n) is 10.0. The van der Waals surface area contributed by atoms with Crippen molar-refractivity contribution in [1.82, 2.24) is 24.9 Å². The predicted molar refractivity (Wildman–Crippen MR) is 139 cm³/mol. The monoisotopic (exact) mass is 525 g/mol. The molecule has 3 heterocycles. The molecule has 2 saturated carbocycles. The molecule has 7 N–H and O–H groups in total. The molecule has 3 aromatic rings. The molecule has 0 unspecified atom stereocenters. The molecule has 2 aliphatic carbocycles. The maximum Gasteiger partial charge on any atom is 0.276 e. The van der Waals surface area contributed by atoms with Crippen LogP contribution in [0.15, 0.2) is 30.7 Å². The van der Waals surface area contributed by atoms with E-state index < -0.39 is 23.9 Å². The Morgan fingerprint density at radius 2 is 1.76 bits per heavy atom. The highest BCUT2D eigenvalue weighted by atomic mass is 19.1. The Balaban J connectivity index is 1.30. The third-order valence-electron chi connectivity index (χ3n) is 6.91. The Morgan fingerprint density at radius 3 is 2.45 bits per heavy atom. The zero-order valence-corrected chi connectivity index (χ0v) is 21.0. The van der Waals surface area contributed by atoms with Crippen LogP contribution in [0.4, 0.5) is 21.6 Å². The van der Waals surface area contributed by atoms with E-state index >= 15 is 0 Å². The molecule has 0 aromatic carbocycles. The molecule has 12 nitrogen and oxygen atoms in total. The van der Waals surface area contributed by atoms with E-state index in [4.69, 9.17) is 5.73 Å². The number of hydrogen-bond acceptors (Lipinski definition) is 9. The van der Waals surface area contributed by atoms with E-state index in [-0.39, 0.29) is 29.4 Å². The van der Waals surface area contributed by atoms with Crippen LogP contribution in [-0.2, 0) is 4.79 Å². The molecule has 202 valence electrons. The maximum atomic E-state index is 14.0. The lowest BCUT2D eigenvalue weighted by molar-refractivity contribution is -0.125. The number of pyridine rings is 1. The topological polar surface area (TPSA) is 172 Å². The van der Waals surface area contributed by atoms with Crippen LogP contribution in [0, 0.1) is 5.82 Å². The van der Waals surface area contributed by atoms with Crippen molar-refractivity contribution in [2.45, 2.75) is 75.7 Å². The molecule has 2 amide bonds. The van der Waals surface area contributed by atoms with E-state index in [0.717, 1.165) is 50.4 Å². The molecule has 0 saturated heterocycles. The summed E-state index contributed by atoms with van der Waals surface area (Å²) in [5.74, 6) is -0.958. The smallest absolute Gasteiger partial charge is 0.276 e. The van der Waals surface area contributed by atoms with Gasteiger partial charge in [-0.1, -0.05) is 0 Å². The van der Waals surface area contributed by atoms with Gasteiger partial charge in [-0.2, -0.15) is 0 Å². The molecule has 0 radical (unpaired) electrons. The molecule has 3 aromatic heterocycles. The van der Waals surface area contributed by atoms with Gasteiger partial charge in [0.25, 0.3) is 5.91 Å². The van der Waals surface area contributed by atoms with Crippen LogP contribution in [0.1, 0.15) is 55.9 Å². The fraction of sp³-hybridized carbons (Fsp3) is 0.480. The van der Waals surface area contributed by atoms with Crippen molar-refractivity contribution in [2.75, 3.05) is 16.0 Å². The summed E-state index contributed by atoms with van der Waals surface area (Å²) in [7, 11) is 0. The summed E-state index contributed by atoms with van der Waals surface area (Å²) in [6.45, 7) is 1.49. The van der Waals surface area contributed by atoms with Crippen molar-refractivity contribution in [3.8, 4) is 0 Å². The number of hydrogen-bond donors (Lipinski definition) is 6. The number of nitrogens with one attached hydrogen (secondary N) is 4. The number of carbonyl (C=O) groups excluding carboxylic acids is 2. The van der Waals surface area contributed by atoms with Crippen LogP contribution in [0.25, 0.3) is 5.65 Å². The van der Waals surface area contributed by atoms with Crippen molar-refractivity contribution in [1.29, 1.82) is 0 Å². The number of nitrogens with two attached hydrogens (primary N) is 1. The Hall–Kier alpha value is -3.84. The lowest BCUT2D eigenvalue weighted by atomic mass is 9.91. The standard InChI is InChI=1S/C25H32FN9O3/c1-13(36)22(27)25(38)32-16-6-4-15(5-7-16)31-21-10-19(30-14-2-3-14)23-29-12-20(35(23)34-21)24(37)33-18-8-9-28-11-17(18)26/h8-16,22,30,36H,2-7,27H2,1H3,(H,31,34)(H,32,38)(H,28,33,37)/t13-,15-,16-,22+/m1/s1. The quantitative estimate of drug-likeness (QED) is 0.243. The van der Waals surface area contributed by atoms with Gasteiger partial charge < -0.3 is 32.1 Å². The molecule has 5 rings (SSSR count). The van der Waals surface area contributed by atoms with Crippen molar-refractivity contribution in [2.24, 2.45) is 5.73 Å². The summed E-state index contributed by atoms with van der Waals surface area (Å²) in [5.41, 5.74) is 7.18. The average Bonchev–Trinajstić information content (AvgIpc) is 3.61. The van der Waals surface area contributed by atoms with E-state index in [9.17, 15) is 19.1 Å². The van der Waals surface area contributed by atoms with E-state index in [1.807, 2.05) is 6.07 Å². The molecule has 0 aliphatic heterocycles. The van der Waals surface area contributed by atoms with Gasteiger partial charge >= 0.3 is 0 Å². The van der Waals surface area contributed by atoms with Crippen molar-refractivity contribution < 1.29 is 19.1 Å². The number of halogens is 1. The Labute approximate surface area is 218 Å². The van der Waals surface area contributed by atoms with Gasteiger partial charge in [0, 0.05) is 30.4 Å². The normalized spacial score (nSPS) is 20.9. The highest BCUT2D eigenvalue weighted by molar-refractivity contribution is 6.03. The number of amides is 2. The molecule has 2 fully saturated rings. The minimum atomic E-state index is -0.948. The molecule has 38 heavy (non-hydrogen) atoms. The Bertz CT molecular complexity index is 1320. The third kappa shape index (κ3) is 5.83. The summed E-state index contributed by atoms with van der Waals surface area (Å²) < 4.78 is 15.5. The lowest BCUT2D eigenvalue weighted by Crippen LogP contribution is -2.51. The molecule has 2 aliphatic rings. The summed E-state index contributed by atoms with van der Waals surface area (Å²) in [6.07, 6.45) is 8.13. The molecule has 13 heteroatoms. The van der Waals surface area contributed by atoms with E-state index in [2.05, 4.69) is 36.3 Å². The van der Waals surface area contributed by atoms with Gasteiger partial charge in [-0.3, -0.25) is 14.6 Å². The largest absolute Gasteiger partial charge is 0.391 e. The fourth-order valence-corrected chi connectivity index (χ4v) is 4.52. The second-order valence-corrected chi connectivity index (χ2v) is 10.0. The van der Waals surface area contributed by atoms with Gasteiger partial charge in [-0.15, -0.1) is 5.10 Å². The number of aromatic nitrogens is 4. The van der Waals surface area contributed by atoms with E-state index in [0.29, 0.717) is 17.5 Å². The van der Waals surface area contributed by atoms with Crippen LogP contribution in [0.2, 0.25) is 0 Å². The van der Waals surface area contributed by atoms with Crippen molar-refractivity contribution >= 4 is 34.7 Å². The third-order valence-corrected chi connectivity index (χ3v) is 6.91. The first-order chi connectivity index (χ1) is 18.3. The molecule has 2 atom stereocenters. The fourth-order valence-electron chi connectivity index (χ4n) is 4.52. The summed E-state index contributed by atoms with van der Waals surface area (Å²) in [6, 6.07) is 2.77. The van der Waals surface area contributed by atoms with Crippen molar-refractivity contribution in [3.63, 3.8) is 0 Å². The maximum absolute atomic E-state index is 14.0. The highest BCUT2D eigenvalue weighted by Gasteiger charge is 2.28. The lowest BCUT2D eigenvalue weighted by Gasteiger charge is -2.31. The molecule has 0 spiro atoms. The minimum Gasteiger partial charge on any atom is -0.391 e. The Morgan fingerprint density at radius 1 is 1.08 bits per heavy atom. The van der Waals surface area contributed by atoms with Crippen LogP contribution in [0.5, 0.6) is 0 Å². The number of carbonyl (C=O) groups is 2. The molecular weight excluding hydrogens is 493 g/mol. The van der Waals surface area contributed by atoms with Gasteiger partial charge in [0.1, 0.15) is 11.9 Å². The molecule has 0 bridgehead atoms. The van der Waals surface area contributed by atoms with Crippen LogP contribution in [-0.4, -0.2) is 66.8 Å². The average molecular weight is 526 g/mol. The SMILES string of the molecule is C[C@@H](O)[C@H](N)C(=O)N[C@H]1CC[C@H](Nc2cc(NC3CC3)c3ncc(C(=O)Nc4ccncc4F)n3n2)CC1. The zero-order chi connectivity index (χ0) is 26.8. The number of anilines is 3. The second kappa shape index (κ2) is 10.9.